The predicted octanol–water partition coefficient (Wildman–Crippen LogP) is 0.313. The van der Waals surface area contributed by atoms with Crippen molar-refractivity contribution in [1.82, 2.24) is 4.31 Å². The number of halogens is 1. The summed E-state index contributed by atoms with van der Waals surface area (Å²) in [6.07, 6.45) is 0.528. The zero-order valence-corrected chi connectivity index (χ0v) is 13.5. The molecule has 0 aromatic carbocycles. The largest absolute Gasteiger partial charge is 0.332 e. The Balaban J connectivity index is 1.99. The van der Waals surface area contributed by atoms with Gasteiger partial charge in [0.15, 0.2) is 0 Å². The molecule has 0 atom stereocenters. The number of piperazine rings is 1. The summed E-state index contributed by atoms with van der Waals surface area (Å²) in [6.45, 7) is 3.40. The summed E-state index contributed by atoms with van der Waals surface area (Å²) >= 11 is 4.53. The Morgan fingerprint density at radius 3 is 2.63 bits per heavy atom. The van der Waals surface area contributed by atoms with Crippen molar-refractivity contribution in [2.45, 2.75) is 10.6 Å². The third-order valence-electron chi connectivity index (χ3n) is 3.16. The highest BCUT2D eigenvalue weighted by Gasteiger charge is 2.31. The van der Waals surface area contributed by atoms with Crippen LogP contribution in [0.1, 0.15) is 6.42 Å². The first-order valence-corrected chi connectivity index (χ1v) is 9.05. The number of hydrogen-bond acceptors (Lipinski definition) is 4. The van der Waals surface area contributed by atoms with Gasteiger partial charge in [-0.1, -0.05) is 0 Å². The summed E-state index contributed by atoms with van der Waals surface area (Å²) in [5.74, 6) is 0. The van der Waals surface area contributed by atoms with Crippen molar-refractivity contribution in [3.05, 3.63) is 15.9 Å². The highest BCUT2D eigenvalue weighted by atomic mass is 79.9. The van der Waals surface area contributed by atoms with Crippen LogP contribution in [-0.2, 0) is 10.0 Å². The highest BCUT2D eigenvalue weighted by Crippen LogP contribution is 2.28. The van der Waals surface area contributed by atoms with E-state index in [9.17, 15) is 8.42 Å². The lowest BCUT2D eigenvalue weighted by atomic mass is 10.3. The van der Waals surface area contributed by atoms with Crippen molar-refractivity contribution in [2.24, 2.45) is 0 Å². The van der Waals surface area contributed by atoms with Gasteiger partial charge in [-0.05, 0) is 28.1 Å². The quantitative estimate of drug-likeness (QED) is 0.836. The molecular weight excluding hydrogens is 350 g/mol. The molecule has 0 aliphatic carbocycles. The smallest absolute Gasteiger partial charge is 0.252 e. The van der Waals surface area contributed by atoms with E-state index in [1.165, 1.54) is 16.2 Å². The molecule has 1 fully saturated rings. The molecule has 0 bridgehead atoms. The molecule has 19 heavy (non-hydrogen) atoms. The van der Waals surface area contributed by atoms with Gasteiger partial charge in [-0.2, -0.15) is 9.57 Å². The van der Waals surface area contributed by atoms with Crippen LogP contribution in [0.25, 0.3) is 0 Å². The van der Waals surface area contributed by atoms with E-state index < -0.39 is 10.0 Å². The van der Waals surface area contributed by atoms with Crippen LogP contribution in [0.15, 0.2) is 20.1 Å². The predicted molar refractivity (Wildman–Crippen MR) is 76.6 cm³/mol. The number of nitriles is 1. The Morgan fingerprint density at radius 1 is 1.42 bits per heavy atom. The number of quaternary nitrogens is 1. The van der Waals surface area contributed by atoms with Gasteiger partial charge in [0.1, 0.15) is 4.21 Å². The van der Waals surface area contributed by atoms with Crippen LogP contribution >= 0.6 is 27.3 Å². The standard InChI is InChI=1S/C11H14BrN3O2S2/c12-10-2-3-11(18-10)19(16,17)15-8-6-14(7-9-15)5-1-4-13/h2-3H,1,5-9H2/p+1. The van der Waals surface area contributed by atoms with Crippen LogP contribution in [0, 0.1) is 11.3 Å². The fourth-order valence-electron chi connectivity index (χ4n) is 2.09. The van der Waals surface area contributed by atoms with Gasteiger partial charge in [0.05, 0.1) is 49.0 Å². The number of thiophene rings is 1. The lowest BCUT2D eigenvalue weighted by Gasteiger charge is -2.30. The molecule has 1 aromatic rings. The van der Waals surface area contributed by atoms with Crippen molar-refractivity contribution in [3.8, 4) is 6.07 Å². The molecule has 1 N–H and O–H groups in total. The second-order valence-electron chi connectivity index (χ2n) is 4.37. The summed E-state index contributed by atoms with van der Waals surface area (Å²) in [6, 6.07) is 5.52. The van der Waals surface area contributed by atoms with Gasteiger partial charge < -0.3 is 4.90 Å². The second-order valence-corrected chi connectivity index (χ2v) is 9.00. The maximum Gasteiger partial charge on any atom is 0.252 e. The first kappa shape index (κ1) is 14.9. The third-order valence-corrected chi connectivity index (χ3v) is 7.15. The van der Waals surface area contributed by atoms with Gasteiger partial charge in [0.25, 0.3) is 10.0 Å². The number of hydrogen-bond donors (Lipinski definition) is 1. The van der Waals surface area contributed by atoms with Crippen LogP contribution < -0.4 is 4.90 Å². The molecule has 1 aromatic heterocycles. The van der Waals surface area contributed by atoms with Crippen LogP contribution in [0.4, 0.5) is 0 Å². The van der Waals surface area contributed by atoms with E-state index >= 15 is 0 Å². The molecule has 2 rings (SSSR count). The van der Waals surface area contributed by atoms with Crippen molar-refractivity contribution in [3.63, 3.8) is 0 Å². The van der Waals surface area contributed by atoms with E-state index in [0.717, 1.165) is 23.4 Å². The Labute approximate surface area is 125 Å². The topological polar surface area (TPSA) is 65.6 Å². The average molecular weight is 365 g/mol. The van der Waals surface area contributed by atoms with Crippen LogP contribution in [0.2, 0.25) is 0 Å². The van der Waals surface area contributed by atoms with Crippen molar-refractivity contribution >= 4 is 37.3 Å². The minimum atomic E-state index is -3.34. The highest BCUT2D eigenvalue weighted by molar-refractivity contribution is 9.11. The summed E-state index contributed by atoms with van der Waals surface area (Å²) < 4.78 is 27.5. The van der Waals surface area contributed by atoms with E-state index in [0.29, 0.717) is 23.7 Å². The summed E-state index contributed by atoms with van der Waals surface area (Å²) in [7, 11) is -3.34. The minimum Gasteiger partial charge on any atom is -0.332 e. The fourth-order valence-corrected chi connectivity index (χ4v) is 5.69. The minimum absolute atomic E-state index is 0.389. The lowest BCUT2D eigenvalue weighted by molar-refractivity contribution is -0.903. The molecule has 2 heterocycles. The van der Waals surface area contributed by atoms with E-state index in [2.05, 4.69) is 22.0 Å². The number of nitrogens with zero attached hydrogens (tertiary/aromatic N) is 2. The molecule has 8 heteroatoms. The van der Waals surface area contributed by atoms with Crippen molar-refractivity contribution < 1.29 is 13.3 Å². The van der Waals surface area contributed by atoms with E-state index in [1.807, 2.05) is 0 Å². The monoisotopic (exact) mass is 364 g/mol. The molecule has 1 aliphatic heterocycles. The van der Waals surface area contributed by atoms with Crippen molar-refractivity contribution in [1.29, 1.82) is 5.26 Å². The summed E-state index contributed by atoms with van der Waals surface area (Å²) in [5, 5.41) is 8.56. The Morgan fingerprint density at radius 2 is 2.11 bits per heavy atom. The van der Waals surface area contributed by atoms with Gasteiger partial charge >= 0.3 is 0 Å². The summed E-state index contributed by atoms with van der Waals surface area (Å²) in [4.78, 5) is 1.31. The third kappa shape index (κ3) is 3.55. The Hall–Kier alpha value is -0.460. The maximum atomic E-state index is 12.4. The van der Waals surface area contributed by atoms with Gasteiger partial charge in [0.2, 0.25) is 0 Å². The SMILES string of the molecule is N#CCC[NH+]1CCN(S(=O)(=O)c2ccc(Br)s2)CC1. The molecule has 5 nitrogen and oxygen atoms in total. The van der Waals surface area contributed by atoms with E-state index in [1.54, 1.807) is 16.4 Å². The second kappa shape index (κ2) is 6.33. The molecule has 0 spiro atoms. The maximum absolute atomic E-state index is 12.4. The molecule has 0 amide bonds. The zero-order valence-electron chi connectivity index (χ0n) is 10.3. The molecule has 104 valence electrons. The van der Waals surface area contributed by atoms with Crippen LogP contribution in [-0.4, -0.2) is 45.4 Å². The summed E-state index contributed by atoms with van der Waals surface area (Å²) in [5.41, 5.74) is 0. The van der Waals surface area contributed by atoms with Gasteiger partial charge in [-0.25, -0.2) is 8.42 Å². The van der Waals surface area contributed by atoms with Crippen LogP contribution in [0.5, 0.6) is 0 Å². The Kier molecular flexibility index (Phi) is 4.97. The van der Waals surface area contributed by atoms with Gasteiger partial charge in [-0.3, -0.25) is 0 Å². The first-order valence-electron chi connectivity index (χ1n) is 6.00. The average Bonchev–Trinajstić information content (AvgIpc) is 2.84. The molecule has 0 unspecified atom stereocenters. The molecule has 0 saturated carbocycles. The zero-order chi connectivity index (χ0) is 13.9. The molecule has 1 aliphatic rings. The van der Waals surface area contributed by atoms with E-state index in [4.69, 9.17) is 5.26 Å². The Bertz CT molecular complexity index is 571. The number of sulfonamides is 1. The lowest BCUT2D eigenvalue weighted by Crippen LogP contribution is -3.14. The molecule has 1 saturated heterocycles. The van der Waals surface area contributed by atoms with Crippen molar-refractivity contribution in [2.75, 3.05) is 32.7 Å². The first-order chi connectivity index (χ1) is 9.04. The van der Waals surface area contributed by atoms with E-state index in [-0.39, 0.29) is 0 Å². The molecular formula is C11H15BrN3O2S2+. The fraction of sp³-hybridized carbons (Fsp3) is 0.545. The number of nitrogens with one attached hydrogen (secondary N) is 1. The van der Waals surface area contributed by atoms with Gasteiger partial charge in [-0.15, -0.1) is 11.3 Å². The molecule has 0 radical (unpaired) electrons. The normalized spacial score (nSPS) is 18.3. The van der Waals surface area contributed by atoms with Crippen LogP contribution in [0.3, 0.4) is 0 Å². The van der Waals surface area contributed by atoms with Gasteiger partial charge in [0, 0.05) is 0 Å². The number of rotatable bonds is 4.